The van der Waals surface area contributed by atoms with Crippen LogP contribution in [-0.4, -0.2) is 26.5 Å². The fraction of sp³-hybridized carbons (Fsp3) is 0.467. The molecule has 1 aliphatic heterocycles. The van der Waals surface area contributed by atoms with E-state index in [0.717, 1.165) is 37.5 Å². The number of aliphatic hydroxyl groups excluding tert-OH is 1. The van der Waals surface area contributed by atoms with Gasteiger partial charge in [0.25, 0.3) is 0 Å². The smallest absolute Gasteiger partial charge is 0.137 e. The molecule has 0 saturated heterocycles. The number of aromatic nitrogens is 3. The first-order chi connectivity index (χ1) is 9.26. The van der Waals surface area contributed by atoms with Gasteiger partial charge < -0.3 is 9.67 Å². The third-order valence-electron chi connectivity index (χ3n) is 3.86. The summed E-state index contributed by atoms with van der Waals surface area (Å²) in [6.07, 6.45) is 2.75. The second kappa shape index (κ2) is 5.13. The summed E-state index contributed by atoms with van der Waals surface area (Å²) >= 11 is 0. The van der Waals surface area contributed by atoms with Gasteiger partial charge in [0.05, 0.1) is 0 Å². The van der Waals surface area contributed by atoms with Crippen molar-refractivity contribution >= 4 is 0 Å². The maximum Gasteiger partial charge on any atom is 0.137 e. The topological polar surface area (TPSA) is 50.9 Å². The van der Waals surface area contributed by atoms with Crippen LogP contribution in [0.15, 0.2) is 24.3 Å². The van der Waals surface area contributed by atoms with Crippen molar-refractivity contribution in [2.24, 2.45) is 5.92 Å². The Labute approximate surface area is 113 Å². The van der Waals surface area contributed by atoms with Crippen molar-refractivity contribution in [3.8, 4) is 0 Å². The minimum atomic E-state index is 0.252. The van der Waals surface area contributed by atoms with Crippen LogP contribution in [0, 0.1) is 12.8 Å². The predicted octanol–water partition coefficient (Wildman–Crippen LogP) is 1.73. The molecule has 0 fully saturated rings. The Bertz CT molecular complexity index is 559. The Balaban J connectivity index is 1.82. The zero-order chi connectivity index (χ0) is 13.2. The highest BCUT2D eigenvalue weighted by Crippen LogP contribution is 2.21. The van der Waals surface area contributed by atoms with Crippen molar-refractivity contribution in [1.82, 2.24) is 14.8 Å². The van der Waals surface area contributed by atoms with Crippen molar-refractivity contribution in [2.45, 2.75) is 32.7 Å². The van der Waals surface area contributed by atoms with Crippen molar-refractivity contribution in [3.05, 3.63) is 47.0 Å². The van der Waals surface area contributed by atoms with Crippen LogP contribution in [0.3, 0.4) is 0 Å². The standard InChI is InChI=1S/C15H19N3O/c1-11-2-4-12(5-3-11)8-15-17-16-14-7-6-13(10-19)9-18(14)15/h2-5,13,19H,6-10H2,1H3. The first-order valence-electron chi connectivity index (χ1n) is 6.83. The molecule has 1 aliphatic rings. The summed E-state index contributed by atoms with van der Waals surface area (Å²) in [4.78, 5) is 0. The zero-order valence-corrected chi connectivity index (χ0v) is 11.2. The molecule has 4 nitrogen and oxygen atoms in total. The van der Waals surface area contributed by atoms with Crippen molar-refractivity contribution < 1.29 is 5.11 Å². The van der Waals surface area contributed by atoms with E-state index in [2.05, 4.69) is 46.0 Å². The maximum absolute atomic E-state index is 9.31. The molecular weight excluding hydrogens is 238 g/mol. The summed E-state index contributed by atoms with van der Waals surface area (Å²) in [7, 11) is 0. The lowest BCUT2D eigenvalue weighted by atomic mass is 10.00. The molecule has 1 N–H and O–H groups in total. The van der Waals surface area contributed by atoms with Crippen LogP contribution in [0.25, 0.3) is 0 Å². The fourth-order valence-electron chi connectivity index (χ4n) is 2.62. The van der Waals surface area contributed by atoms with Crippen molar-refractivity contribution in [2.75, 3.05) is 6.61 Å². The van der Waals surface area contributed by atoms with Crippen LogP contribution in [0.2, 0.25) is 0 Å². The van der Waals surface area contributed by atoms with Gasteiger partial charge in [0.2, 0.25) is 0 Å². The molecule has 0 radical (unpaired) electrons. The highest BCUT2D eigenvalue weighted by atomic mass is 16.3. The molecule has 19 heavy (non-hydrogen) atoms. The quantitative estimate of drug-likeness (QED) is 0.911. The van der Waals surface area contributed by atoms with Crippen molar-refractivity contribution in [3.63, 3.8) is 0 Å². The van der Waals surface area contributed by atoms with Crippen LogP contribution in [-0.2, 0) is 19.4 Å². The Morgan fingerprint density at radius 1 is 1.26 bits per heavy atom. The molecule has 0 saturated carbocycles. The molecule has 100 valence electrons. The van der Waals surface area contributed by atoms with E-state index < -0.39 is 0 Å². The monoisotopic (exact) mass is 257 g/mol. The predicted molar refractivity (Wildman–Crippen MR) is 72.9 cm³/mol. The number of aliphatic hydroxyl groups is 1. The summed E-state index contributed by atoms with van der Waals surface area (Å²) < 4.78 is 2.18. The van der Waals surface area contributed by atoms with Crippen LogP contribution in [0.4, 0.5) is 0 Å². The lowest BCUT2D eigenvalue weighted by molar-refractivity contribution is 0.189. The van der Waals surface area contributed by atoms with E-state index in [1.54, 1.807) is 0 Å². The van der Waals surface area contributed by atoms with Crippen LogP contribution in [0.5, 0.6) is 0 Å². The Kier molecular flexibility index (Phi) is 3.34. The van der Waals surface area contributed by atoms with Gasteiger partial charge in [-0.05, 0) is 18.9 Å². The van der Waals surface area contributed by atoms with E-state index in [4.69, 9.17) is 0 Å². The third-order valence-corrected chi connectivity index (χ3v) is 3.86. The van der Waals surface area contributed by atoms with Gasteiger partial charge in [-0.1, -0.05) is 29.8 Å². The molecule has 0 amide bonds. The molecular formula is C15H19N3O. The van der Waals surface area contributed by atoms with Gasteiger partial charge in [0, 0.05) is 31.9 Å². The SMILES string of the molecule is Cc1ccc(Cc2nnc3n2CC(CO)CC3)cc1. The van der Waals surface area contributed by atoms with Gasteiger partial charge in [-0.3, -0.25) is 0 Å². The molecule has 2 heterocycles. The van der Waals surface area contributed by atoms with Gasteiger partial charge in [0.1, 0.15) is 11.6 Å². The average molecular weight is 257 g/mol. The summed E-state index contributed by atoms with van der Waals surface area (Å²) in [5.41, 5.74) is 2.53. The second-order valence-electron chi connectivity index (χ2n) is 5.39. The Morgan fingerprint density at radius 2 is 2.05 bits per heavy atom. The van der Waals surface area contributed by atoms with Gasteiger partial charge in [-0.25, -0.2) is 0 Å². The summed E-state index contributed by atoms with van der Waals surface area (Å²) in [6, 6.07) is 8.53. The lowest BCUT2D eigenvalue weighted by Crippen LogP contribution is -2.24. The summed E-state index contributed by atoms with van der Waals surface area (Å²) in [6.45, 7) is 3.19. The largest absolute Gasteiger partial charge is 0.396 e. The Morgan fingerprint density at radius 3 is 2.79 bits per heavy atom. The normalized spacial score (nSPS) is 18.3. The highest BCUT2D eigenvalue weighted by Gasteiger charge is 2.22. The number of aryl methyl sites for hydroxylation is 2. The van der Waals surface area contributed by atoms with Gasteiger partial charge in [-0.15, -0.1) is 10.2 Å². The molecule has 1 aromatic carbocycles. The van der Waals surface area contributed by atoms with E-state index in [1.165, 1.54) is 11.1 Å². The molecule has 1 atom stereocenters. The minimum Gasteiger partial charge on any atom is -0.396 e. The number of nitrogens with zero attached hydrogens (tertiary/aromatic N) is 3. The van der Waals surface area contributed by atoms with E-state index in [9.17, 15) is 5.11 Å². The number of rotatable bonds is 3. The van der Waals surface area contributed by atoms with Crippen LogP contribution < -0.4 is 0 Å². The van der Waals surface area contributed by atoms with E-state index in [0.29, 0.717) is 5.92 Å². The van der Waals surface area contributed by atoms with E-state index >= 15 is 0 Å². The van der Waals surface area contributed by atoms with Crippen LogP contribution >= 0.6 is 0 Å². The van der Waals surface area contributed by atoms with E-state index in [-0.39, 0.29) is 6.61 Å². The summed E-state index contributed by atoms with van der Waals surface area (Å²) in [5, 5.41) is 17.9. The first kappa shape index (κ1) is 12.4. The fourth-order valence-corrected chi connectivity index (χ4v) is 2.62. The van der Waals surface area contributed by atoms with Crippen molar-refractivity contribution in [1.29, 1.82) is 0 Å². The lowest BCUT2D eigenvalue weighted by Gasteiger charge is -2.22. The molecule has 0 spiro atoms. The van der Waals surface area contributed by atoms with Gasteiger partial charge in [0.15, 0.2) is 0 Å². The first-order valence-corrected chi connectivity index (χ1v) is 6.83. The molecule has 0 bridgehead atoms. The molecule has 1 unspecified atom stereocenters. The molecule has 0 aliphatic carbocycles. The highest BCUT2D eigenvalue weighted by molar-refractivity contribution is 5.24. The molecule has 1 aromatic heterocycles. The third kappa shape index (κ3) is 2.54. The summed E-state index contributed by atoms with van der Waals surface area (Å²) in [5.74, 6) is 2.42. The maximum atomic E-state index is 9.31. The Hall–Kier alpha value is -1.68. The van der Waals surface area contributed by atoms with Gasteiger partial charge in [-0.2, -0.15) is 0 Å². The minimum absolute atomic E-state index is 0.252. The van der Waals surface area contributed by atoms with E-state index in [1.807, 2.05) is 0 Å². The number of benzene rings is 1. The average Bonchev–Trinajstić information content (AvgIpc) is 2.84. The molecule has 4 heteroatoms. The second-order valence-corrected chi connectivity index (χ2v) is 5.39. The molecule has 3 rings (SSSR count). The van der Waals surface area contributed by atoms with Crippen LogP contribution in [0.1, 0.15) is 29.2 Å². The molecule has 2 aromatic rings. The number of hydrogen-bond donors (Lipinski definition) is 1. The number of hydrogen-bond acceptors (Lipinski definition) is 3. The zero-order valence-electron chi connectivity index (χ0n) is 11.2. The van der Waals surface area contributed by atoms with Gasteiger partial charge >= 0.3 is 0 Å². The number of fused-ring (bicyclic) bond motifs is 1.